The topological polar surface area (TPSA) is 69.7 Å². The summed E-state index contributed by atoms with van der Waals surface area (Å²) >= 11 is 11.9. The fraction of sp³-hybridized carbons (Fsp3) is 0.471. The van der Waals surface area contributed by atoms with E-state index in [0.717, 1.165) is 24.2 Å². The lowest BCUT2D eigenvalue weighted by Gasteiger charge is -2.35. The van der Waals surface area contributed by atoms with Crippen molar-refractivity contribution in [2.24, 2.45) is 0 Å². The Morgan fingerprint density at radius 2 is 1.88 bits per heavy atom. The number of urea groups is 1. The van der Waals surface area contributed by atoms with Gasteiger partial charge in [0.1, 0.15) is 12.1 Å². The lowest BCUT2D eigenvalue weighted by atomic mass is 9.81. The highest BCUT2D eigenvalue weighted by Gasteiger charge is 2.55. The largest absolute Gasteiger partial charge is 0.327 e. The smallest absolute Gasteiger partial charge is 0.323 e. The fourth-order valence-electron chi connectivity index (χ4n) is 3.60. The summed E-state index contributed by atoms with van der Waals surface area (Å²) in [4.78, 5) is 40.2. The second kappa shape index (κ2) is 6.84. The van der Waals surface area contributed by atoms with Crippen LogP contribution in [-0.4, -0.2) is 46.8 Å². The molecule has 6 nitrogen and oxygen atoms in total. The second-order valence-electron chi connectivity index (χ2n) is 6.50. The molecule has 8 heteroatoms. The van der Waals surface area contributed by atoms with Gasteiger partial charge in [-0.3, -0.25) is 14.5 Å². The maximum Gasteiger partial charge on any atom is 0.327 e. The number of carbonyl (C=O) groups is 3. The van der Waals surface area contributed by atoms with Crippen LogP contribution >= 0.6 is 23.2 Å². The van der Waals surface area contributed by atoms with E-state index in [1.54, 1.807) is 19.2 Å². The third-order valence-electron chi connectivity index (χ3n) is 4.99. The zero-order valence-corrected chi connectivity index (χ0v) is 15.4. The van der Waals surface area contributed by atoms with Gasteiger partial charge in [-0.25, -0.2) is 4.79 Å². The van der Waals surface area contributed by atoms with Crippen molar-refractivity contribution in [3.63, 3.8) is 0 Å². The normalized spacial score (nSPS) is 19.6. The van der Waals surface area contributed by atoms with Gasteiger partial charge in [0.15, 0.2) is 0 Å². The fourth-order valence-corrected chi connectivity index (χ4v) is 3.93. The Balaban J connectivity index is 1.74. The number of halogens is 2. The van der Waals surface area contributed by atoms with E-state index < -0.39 is 17.5 Å². The van der Waals surface area contributed by atoms with Gasteiger partial charge < -0.3 is 10.2 Å². The lowest BCUT2D eigenvalue weighted by molar-refractivity contribution is -0.136. The molecule has 0 aromatic heterocycles. The molecule has 25 heavy (non-hydrogen) atoms. The maximum absolute atomic E-state index is 12.8. The molecule has 1 N–H and O–H groups in total. The van der Waals surface area contributed by atoms with Crippen molar-refractivity contribution in [3.8, 4) is 0 Å². The first kappa shape index (κ1) is 18.0. The number of hydrogen-bond acceptors (Lipinski definition) is 3. The number of hydrogen-bond donors (Lipinski definition) is 1. The van der Waals surface area contributed by atoms with Gasteiger partial charge in [0, 0.05) is 12.1 Å². The first-order valence-corrected chi connectivity index (χ1v) is 8.95. The van der Waals surface area contributed by atoms with Gasteiger partial charge in [-0.1, -0.05) is 42.5 Å². The van der Waals surface area contributed by atoms with Gasteiger partial charge in [0.2, 0.25) is 5.91 Å². The summed E-state index contributed by atoms with van der Waals surface area (Å²) in [5.74, 6) is -0.779. The van der Waals surface area contributed by atoms with Crippen LogP contribution in [0.5, 0.6) is 0 Å². The van der Waals surface area contributed by atoms with Crippen molar-refractivity contribution >= 4 is 46.7 Å². The van der Waals surface area contributed by atoms with Crippen molar-refractivity contribution in [2.45, 2.75) is 37.6 Å². The monoisotopic (exact) mass is 383 g/mol. The van der Waals surface area contributed by atoms with E-state index in [4.69, 9.17) is 23.2 Å². The molecule has 1 aromatic rings. The third-order valence-corrected chi connectivity index (χ3v) is 5.55. The molecule has 2 fully saturated rings. The van der Waals surface area contributed by atoms with Crippen LogP contribution in [0.15, 0.2) is 18.2 Å². The standard InChI is InChI=1S/C17H19Cl2N3O3/c1-21-16(25)22(15(24)17(21)7-3-2-4-8-17)10-14(23)20-13-9-11(18)5-6-12(13)19/h5-6,9H,2-4,7-8,10H2,1H3,(H,20,23). The molecule has 1 heterocycles. The highest BCUT2D eigenvalue weighted by molar-refractivity contribution is 6.35. The van der Waals surface area contributed by atoms with Crippen molar-refractivity contribution in [2.75, 3.05) is 18.9 Å². The van der Waals surface area contributed by atoms with Crippen LogP contribution in [0.1, 0.15) is 32.1 Å². The number of nitrogens with zero attached hydrogens (tertiary/aromatic N) is 2. The summed E-state index contributed by atoms with van der Waals surface area (Å²) in [6.45, 7) is -0.341. The minimum atomic E-state index is -0.788. The summed E-state index contributed by atoms with van der Waals surface area (Å²) in [7, 11) is 1.64. The number of anilines is 1. The van der Waals surface area contributed by atoms with E-state index in [2.05, 4.69) is 5.32 Å². The van der Waals surface area contributed by atoms with Crippen LogP contribution in [0.25, 0.3) is 0 Å². The van der Waals surface area contributed by atoms with Crippen LogP contribution < -0.4 is 5.32 Å². The summed E-state index contributed by atoms with van der Waals surface area (Å²) in [5.41, 5.74) is -0.442. The molecular formula is C17H19Cl2N3O3. The van der Waals surface area contributed by atoms with Crippen LogP contribution in [0.3, 0.4) is 0 Å². The van der Waals surface area contributed by atoms with E-state index in [9.17, 15) is 14.4 Å². The molecule has 1 saturated carbocycles. The van der Waals surface area contributed by atoms with E-state index in [1.165, 1.54) is 11.0 Å². The first-order chi connectivity index (χ1) is 11.8. The number of amides is 4. The summed E-state index contributed by atoms with van der Waals surface area (Å²) in [5, 5.41) is 3.36. The molecule has 2 aliphatic rings. The van der Waals surface area contributed by atoms with Gasteiger partial charge >= 0.3 is 6.03 Å². The molecule has 4 amide bonds. The molecule has 0 bridgehead atoms. The average Bonchev–Trinajstić information content (AvgIpc) is 2.75. The SMILES string of the molecule is CN1C(=O)N(CC(=O)Nc2cc(Cl)ccc2Cl)C(=O)C12CCCCC2. The van der Waals surface area contributed by atoms with Crippen molar-refractivity contribution < 1.29 is 14.4 Å². The van der Waals surface area contributed by atoms with Crippen LogP contribution in [0.2, 0.25) is 10.0 Å². The van der Waals surface area contributed by atoms with Crippen LogP contribution in [0, 0.1) is 0 Å². The van der Waals surface area contributed by atoms with Crippen molar-refractivity contribution in [3.05, 3.63) is 28.2 Å². The van der Waals surface area contributed by atoms with Gasteiger partial charge in [-0.05, 0) is 31.0 Å². The van der Waals surface area contributed by atoms with Gasteiger partial charge in [-0.2, -0.15) is 0 Å². The summed E-state index contributed by atoms with van der Waals surface area (Å²) in [6.07, 6.45) is 4.16. The Hall–Kier alpha value is -1.79. The van der Waals surface area contributed by atoms with Gasteiger partial charge in [-0.15, -0.1) is 0 Å². The van der Waals surface area contributed by atoms with E-state index >= 15 is 0 Å². The molecule has 134 valence electrons. The van der Waals surface area contributed by atoms with Crippen molar-refractivity contribution in [1.29, 1.82) is 0 Å². The predicted octanol–water partition coefficient (Wildman–Crippen LogP) is 3.53. The molecular weight excluding hydrogens is 365 g/mol. The molecule has 1 aliphatic heterocycles. The Morgan fingerprint density at radius 3 is 2.56 bits per heavy atom. The van der Waals surface area contributed by atoms with Crippen LogP contribution in [0.4, 0.5) is 10.5 Å². The molecule has 3 rings (SSSR count). The molecule has 1 aromatic carbocycles. The van der Waals surface area contributed by atoms with Crippen molar-refractivity contribution in [1.82, 2.24) is 9.80 Å². The Labute approximate surface area is 156 Å². The van der Waals surface area contributed by atoms with E-state index in [-0.39, 0.29) is 12.5 Å². The van der Waals surface area contributed by atoms with Crippen LogP contribution in [-0.2, 0) is 9.59 Å². The number of carbonyl (C=O) groups excluding carboxylic acids is 3. The molecule has 0 atom stereocenters. The lowest BCUT2D eigenvalue weighted by Crippen LogP contribution is -2.49. The molecule has 1 saturated heterocycles. The Bertz CT molecular complexity index is 732. The first-order valence-electron chi connectivity index (χ1n) is 8.20. The Morgan fingerprint density at radius 1 is 1.20 bits per heavy atom. The number of likely N-dealkylation sites (N-methyl/N-ethyl adjacent to an activating group) is 1. The number of rotatable bonds is 3. The average molecular weight is 384 g/mol. The van der Waals surface area contributed by atoms with Gasteiger partial charge in [0.05, 0.1) is 10.7 Å². The highest BCUT2D eigenvalue weighted by atomic mass is 35.5. The zero-order chi connectivity index (χ0) is 18.2. The summed E-state index contributed by atoms with van der Waals surface area (Å²) in [6, 6.07) is 4.26. The predicted molar refractivity (Wildman–Crippen MR) is 95.8 cm³/mol. The highest BCUT2D eigenvalue weighted by Crippen LogP contribution is 2.39. The third kappa shape index (κ3) is 3.20. The van der Waals surface area contributed by atoms with E-state index in [0.29, 0.717) is 28.6 Å². The molecule has 1 spiro atoms. The minimum Gasteiger partial charge on any atom is -0.323 e. The minimum absolute atomic E-state index is 0.285. The molecule has 0 unspecified atom stereocenters. The number of imide groups is 1. The molecule has 0 radical (unpaired) electrons. The zero-order valence-electron chi connectivity index (χ0n) is 13.8. The second-order valence-corrected chi connectivity index (χ2v) is 7.34. The Kier molecular flexibility index (Phi) is 4.93. The van der Waals surface area contributed by atoms with Gasteiger partial charge in [0.25, 0.3) is 5.91 Å². The number of benzene rings is 1. The maximum atomic E-state index is 12.8. The van der Waals surface area contributed by atoms with E-state index in [1.807, 2.05) is 0 Å². The number of nitrogens with one attached hydrogen (secondary N) is 1. The summed E-state index contributed by atoms with van der Waals surface area (Å²) < 4.78 is 0. The quantitative estimate of drug-likeness (QED) is 0.811. The molecule has 1 aliphatic carbocycles.